The Morgan fingerprint density at radius 1 is 1.37 bits per heavy atom. The highest BCUT2D eigenvalue weighted by Crippen LogP contribution is 2.48. The first-order valence-corrected chi connectivity index (χ1v) is 10.3. The molecule has 30 heavy (non-hydrogen) atoms. The molecule has 2 aromatic rings. The quantitative estimate of drug-likeness (QED) is 0.507. The molecular weight excluding hydrogens is 386 g/mol. The van der Waals surface area contributed by atoms with Gasteiger partial charge in [0.25, 0.3) is 0 Å². The van der Waals surface area contributed by atoms with Crippen LogP contribution in [-0.4, -0.2) is 57.6 Å². The molecule has 2 aromatic heterocycles. The lowest BCUT2D eigenvalue weighted by Crippen LogP contribution is -2.36. The van der Waals surface area contributed by atoms with Crippen molar-refractivity contribution in [2.24, 2.45) is 17.0 Å². The Labute approximate surface area is 174 Å². The number of aromatic nitrogens is 4. The van der Waals surface area contributed by atoms with E-state index in [1.54, 1.807) is 24.1 Å². The maximum Gasteiger partial charge on any atom is 0.177 e. The molecule has 0 unspecified atom stereocenters. The second-order valence-electron chi connectivity index (χ2n) is 8.52. The third-order valence-electron chi connectivity index (χ3n) is 5.57. The molecule has 3 aliphatic rings. The molecule has 3 fully saturated rings. The van der Waals surface area contributed by atoms with E-state index in [9.17, 15) is 0 Å². The molecule has 0 amide bonds. The Morgan fingerprint density at radius 3 is 2.80 bits per heavy atom. The summed E-state index contributed by atoms with van der Waals surface area (Å²) in [6, 6.07) is 1.87. The predicted molar refractivity (Wildman–Crippen MR) is 108 cm³/mol. The van der Waals surface area contributed by atoms with E-state index in [-0.39, 0.29) is 17.8 Å². The zero-order valence-corrected chi connectivity index (χ0v) is 17.0. The van der Waals surface area contributed by atoms with Crippen molar-refractivity contribution in [3.05, 3.63) is 30.2 Å². The fraction of sp³-hybridized carbons (Fsp3) is 0.550. The van der Waals surface area contributed by atoms with Crippen LogP contribution in [0, 0.1) is 5.41 Å². The number of hydrazine groups is 1. The molecule has 1 aliphatic heterocycles. The second kappa shape index (κ2) is 7.53. The van der Waals surface area contributed by atoms with Crippen LogP contribution in [0.25, 0.3) is 17.1 Å². The molecule has 2 aliphatic carbocycles. The molecule has 0 bridgehead atoms. The Hall–Kier alpha value is -2.69. The molecule has 1 saturated heterocycles. The van der Waals surface area contributed by atoms with E-state index in [2.05, 4.69) is 15.3 Å². The summed E-state index contributed by atoms with van der Waals surface area (Å²) in [7, 11) is 1.71. The van der Waals surface area contributed by atoms with Crippen LogP contribution in [0.3, 0.4) is 0 Å². The van der Waals surface area contributed by atoms with E-state index < -0.39 is 0 Å². The highest BCUT2D eigenvalue weighted by Gasteiger charge is 2.47. The van der Waals surface area contributed by atoms with Crippen molar-refractivity contribution in [3.63, 3.8) is 0 Å². The average molecular weight is 413 g/mol. The van der Waals surface area contributed by atoms with Gasteiger partial charge >= 0.3 is 0 Å². The Balaban J connectivity index is 1.34. The maximum atomic E-state index is 6.12. The van der Waals surface area contributed by atoms with E-state index in [4.69, 9.17) is 25.8 Å². The molecule has 10 heteroatoms. The van der Waals surface area contributed by atoms with Gasteiger partial charge in [0.2, 0.25) is 0 Å². The van der Waals surface area contributed by atoms with E-state index in [0.717, 1.165) is 31.6 Å². The second-order valence-corrected chi connectivity index (χ2v) is 8.52. The number of pyridine rings is 1. The fourth-order valence-corrected chi connectivity index (χ4v) is 3.39. The molecule has 5 rings (SSSR count). The fourth-order valence-electron chi connectivity index (χ4n) is 3.39. The molecule has 160 valence electrons. The first kappa shape index (κ1) is 19.3. The maximum absolute atomic E-state index is 6.12. The highest BCUT2D eigenvalue weighted by molar-refractivity contribution is 5.69. The molecule has 0 aromatic carbocycles. The summed E-state index contributed by atoms with van der Waals surface area (Å²) < 4.78 is 19.5. The minimum absolute atomic E-state index is 0.206. The number of rotatable bonds is 7. The van der Waals surface area contributed by atoms with Gasteiger partial charge in [0.1, 0.15) is 17.1 Å². The Kier molecular flexibility index (Phi) is 4.84. The van der Waals surface area contributed by atoms with Crippen molar-refractivity contribution in [2.45, 2.75) is 44.6 Å². The monoisotopic (exact) mass is 413 g/mol. The summed E-state index contributed by atoms with van der Waals surface area (Å²) >= 11 is 0. The lowest BCUT2D eigenvalue weighted by Gasteiger charge is -2.29. The van der Waals surface area contributed by atoms with Crippen LogP contribution in [0.2, 0.25) is 0 Å². The minimum Gasteiger partial charge on any atom is -0.488 e. The van der Waals surface area contributed by atoms with Crippen LogP contribution >= 0.6 is 0 Å². The van der Waals surface area contributed by atoms with E-state index in [1.807, 2.05) is 12.3 Å². The summed E-state index contributed by atoms with van der Waals surface area (Å²) in [5, 5.41) is 9.91. The van der Waals surface area contributed by atoms with Gasteiger partial charge < -0.3 is 25.0 Å². The molecule has 1 spiro atoms. The molecule has 2 saturated carbocycles. The standard InChI is InChI=1S/C20H27N7O3/c1-26(22)8-15(21)13-6-17(30-14-2-3-14)19(23-7-13)16-9-27(25-24-16)10-18-28-11-20(4-5-20)12-29-18/h6-9,14,18H,2-5,10-12,21-22H2,1H3/b15-8-. The number of ether oxygens (including phenoxy) is 3. The lowest BCUT2D eigenvalue weighted by molar-refractivity contribution is -0.213. The zero-order valence-electron chi connectivity index (χ0n) is 17.0. The number of hydrogen-bond donors (Lipinski definition) is 2. The van der Waals surface area contributed by atoms with Gasteiger partial charge in [-0.3, -0.25) is 0 Å². The van der Waals surface area contributed by atoms with Crippen LogP contribution < -0.4 is 16.3 Å². The first-order chi connectivity index (χ1) is 14.5. The van der Waals surface area contributed by atoms with Gasteiger partial charge in [-0.2, -0.15) is 0 Å². The van der Waals surface area contributed by atoms with Crippen molar-refractivity contribution in [2.75, 3.05) is 20.3 Å². The smallest absolute Gasteiger partial charge is 0.177 e. The van der Waals surface area contributed by atoms with Crippen LogP contribution in [0.4, 0.5) is 0 Å². The van der Waals surface area contributed by atoms with Gasteiger partial charge in [0, 0.05) is 30.4 Å². The number of nitrogens with zero attached hydrogens (tertiary/aromatic N) is 5. The third-order valence-corrected chi connectivity index (χ3v) is 5.57. The van der Waals surface area contributed by atoms with Gasteiger partial charge in [-0.05, 0) is 31.7 Å². The molecule has 3 heterocycles. The third kappa shape index (κ3) is 4.25. The van der Waals surface area contributed by atoms with Crippen LogP contribution in [0.15, 0.2) is 24.7 Å². The molecular formula is C20H27N7O3. The minimum atomic E-state index is -0.304. The normalized spacial score (nSPS) is 21.1. The Morgan fingerprint density at radius 2 is 2.13 bits per heavy atom. The van der Waals surface area contributed by atoms with Crippen LogP contribution in [0.5, 0.6) is 5.75 Å². The van der Waals surface area contributed by atoms with Crippen molar-refractivity contribution in [1.29, 1.82) is 0 Å². The van der Waals surface area contributed by atoms with Gasteiger partial charge in [-0.1, -0.05) is 5.21 Å². The van der Waals surface area contributed by atoms with Gasteiger partial charge in [0.05, 0.1) is 37.8 Å². The summed E-state index contributed by atoms with van der Waals surface area (Å²) in [6.45, 7) is 2.00. The predicted octanol–water partition coefficient (Wildman–Crippen LogP) is 1.10. The van der Waals surface area contributed by atoms with Crippen molar-refractivity contribution < 1.29 is 14.2 Å². The van der Waals surface area contributed by atoms with Crippen molar-refractivity contribution in [3.8, 4) is 17.1 Å². The lowest BCUT2D eigenvalue weighted by atomic mass is 10.1. The first-order valence-electron chi connectivity index (χ1n) is 10.3. The van der Waals surface area contributed by atoms with Crippen LogP contribution in [-0.2, 0) is 16.0 Å². The summed E-state index contributed by atoms with van der Waals surface area (Å²) in [6.07, 6.45) is 9.51. The highest BCUT2D eigenvalue weighted by atomic mass is 16.7. The van der Waals surface area contributed by atoms with Gasteiger partial charge in [-0.25, -0.2) is 15.5 Å². The number of hydrogen-bond acceptors (Lipinski definition) is 9. The molecule has 4 N–H and O–H groups in total. The Bertz CT molecular complexity index is 940. The SMILES string of the molecule is CN(N)/C=C(\N)c1cnc(-c2cn(CC3OCC4(CC4)CO3)nn2)c(OC2CC2)c1. The van der Waals surface area contributed by atoms with Crippen molar-refractivity contribution in [1.82, 2.24) is 25.0 Å². The average Bonchev–Trinajstić information content (AvgIpc) is 3.64. The zero-order chi connectivity index (χ0) is 20.7. The van der Waals surface area contributed by atoms with Crippen LogP contribution in [0.1, 0.15) is 31.2 Å². The van der Waals surface area contributed by atoms with E-state index in [1.165, 1.54) is 17.9 Å². The largest absolute Gasteiger partial charge is 0.488 e. The van der Waals surface area contributed by atoms with E-state index in [0.29, 0.717) is 29.4 Å². The van der Waals surface area contributed by atoms with Crippen molar-refractivity contribution >= 4 is 5.70 Å². The molecule has 10 nitrogen and oxygen atoms in total. The topological polar surface area (TPSA) is 127 Å². The number of nitrogens with two attached hydrogens (primary N) is 2. The van der Waals surface area contributed by atoms with Gasteiger partial charge in [-0.15, -0.1) is 5.10 Å². The summed E-state index contributed by atoms with van der Waals surface area (Å²) in [5.41, 5.74) is 8.89. The molecule has 0 atom stereocenters. The van der Waals surface area contributed by atoms with E-state index >= 15 is 0 Å². The summed E-state index contributed by atoms with van der Waals surface area (Å²) in [5.74, 6) is 6.30. The molecule has 0 radical (unpaired) electrons. The summed E-state index contributed by atoms with van der Waals surface area (Å²) in [4.78, 5) is 4.56. The van der Waals surface area contributed by atoms with Gasteiger partial charge in [0.15, 0.2) is 6.29 Å².